The zero-order valence-electron chi connectivity index (χ0n) is 13.0. The summed E-state index contributed by atoms with van der Waals surface area (Å²) in [4.78, 5) is 30.5. The van der Waals surface area contributed by atoms with Gasteiger partial charge in [-0.15, -0.1) is 0 Å². The van der Waals surface area contributed by atoms with Crippen LogP contribution in [0, 0.1) is 5.92 Å². The molecule has 0 radical (unpaired) electrons. The molecule has 0 saturated carbocycles. The van der Waals surface area contributed by atoms with Crippen molar-refractivity contribution in [2.75, 3.05) is 0 Å². The van der Waals surface area contributed by atoms with E-state index in [1.807, 2.05) is 44.2 Å². The molecule has 1 saturated heterocycles. The Bertz CT molecular complexity index is 751. The zero-order valence-corrected chi connectivity index (χ0v) is 13.0. The molecule has 1 N–H and O–H groups in total. The Kier molecular flexibility index (Phi) is 3.35. The molecular weight excluding hydrogens is 278 g/mol. The molecule has 0 spiro atoms. The molecular formula is C17H19N3O2. The first kappa shape index (κ1) is 14.5. The smallest absolute Gasteiger partial charge is 0.323 e. The number of amides is 3. The van der Waals surface area contributed by atoms with Crippen molar-refractivity contribution in [3.63, 3.8) is 0 Å². The molecule has 5 nitrogen and oxygen atoms in total. The summed E-state index contributed by atoms with van der Waals surface area (Å²) >= 11 is 0. The van der Waals surface area contributed by atoms with E-state index in [1.165, 1.54) is 4.90 Å². The van der Waals surface area contributed by atoms with Crippen LogP contribution >= 0.6 is 0 Å². The minimum absolute atomic E-state index is 0.0274. The third-order valence-electron chi connectivity index (χ3n) is 4.50. The van der Waals surface area contributed by atoms with Gasteiger partial charge in [0.25, 0.3) is 5.91 Å². The highest BCUT2D eigenvalue weighted by Gasteiger charge is 2.49. The molecule has 1 aromatic carbocycles. The van der Waals surface area contributed by atoms with Crippen LogP contribution in [0.25, 0.3) is 10.9 Å². The van der Waals surface area contributed by atoms with Crippen molar-refractivity contribution < 1.29 is 9.59 Å². The van der Waals surface area contributed by atoms with E-state index in [1.54, 1.807) is 13.1 Å². The fourth-order valence-corrected chi connectivity index (χ4v) is 2.72. The van der Waals surface area contributed by atoms with Crippen LogP contribution in [0.1, 0.15) is 26.3 Å². The third kappa shape index (κ3) is 2.13. The molecule has 3 rings (SSSR count). The Hall–Kier alpha value is -2.43. The highest BCUT2D eigenvalue weighted by molar-refractivity contribution is 6.07. The monoisotopic (exact) mass is 297 g/mol. The van der Waals surface area contributed by atoms with Crippen molar-refractivity contribution in [1.29, 1.82) is 0 Å². The van der Waals surface area contributed by atoms with Crippen LogP contribution in [0.15, 0.2) is 36.5 Å². The van der Waals surface area contributed by atoms with Gasteiger partial charge in [0.15, 0.2) is 0 Å². The number of benzene rings is 1. The zero-order chi connectivity index (χ0) is 15.9. The predicted molar refractivity (Wildman–Crippen MR) is 84.1 cm³/mol. The van der Waals surface area contributed by atoms with E-state index in [2.05, 4.69) is 10.3 Å². The van der Waals surface area contributed by atoms with Gasteiger partial charge >= 0.3 is 6.03 Å². The number of rotatable bonds is 3. The second-order valence-electron chi connectivity index (χ2n) is 6.17. The van der Waals surface area contributed by atoms with E-state index < -0.39 is 5.54 Å². The summed E-state index contributed by atoms with van der Waals surface area (Å²) in [7, 11) is 0. The first-order valence-electron chi connectivity index (χ1n) is 7.40. The van der Waals surface area contributed by atoms with Gasteiger partial charge in [0.05, 0.1) is 12.1 Å². The van der Waals surface area contributed by atoms with Crippen LogP contribution in [0.2, 0.25) is 0 Å². The Morgan fingerprint density at radius 3 is 2.64 bits per heavy atom. The summed E-state index contributed by atoms with van der Waals surface area (Å²) in [5.74, 6) is -0.153. The van der Waals surface area contributed by atoms with E-state index in [9.17, 15) is 9.59 Å². The number of imide groups is 1. The van der Waals surface area contributed by atoms with Crippen LogP contribution in [0.5, 0.6) is 0 Å². The van der Waals surface area contributed by atoms with Crippen molar-refractivity contribution in [1.82, 2.24) is 15.2 Å². The summed E-state index contributed by atoms with van der Waals surface area (Å²) in [5.41, 5.74) is 0.855. The maximum Gasteiger partial charge on any atom is 0.325 e. The number of hydrogen-bond donors (Lipinski definition) is 1. The summed E-state index contributed by atoms with van der Waals surface area (Å²) < 4.78 is 0. The van der Waals surface area contributed by atoms with Crippen LogP contribution in [0.3, 0.4) is 0 Å². The molecule has 22 heavy (non-hydrogen) atoms. The van der Waals surface area contributed by atoms with Crippen LogP contribution in [-0.2, 0) is 11.3 Å². The molecule has 1 aromatic heterocycles. The number of aromatic nitrogens is 1. The number of para-hydroxylation sites is 1. The van der Waals surface area contributed by atoms with Crippen molar-refractivity contribution in [3.05, 3.63) is 42.1 Å². The van der Waals surface area contributed by atoms with Gasteiger partial charge in [-0.05, 0) is 24.5 Å². The lowest BCUT2D eigenvalue weighted by Gasteiger charge is -2.25. The Morgan fingerprint density at radius 1 is 1.23 bits per heavy atom. The summed E-state index contributed by atoms with van der Waals surface area (Å²) in [6, 6.07) is 9.29. The van der Waals surface area contributed by atoms with Crippen molar-refractivity contribution >= 4 is 22.8 Å². The second kappa shape index (κ2) is 5.09. The average Bonchev–Trinajstić information content (AvgIpc) is 2.72. The molecule has 2 aromatic rings. The average molecular weight is 297 g/mol. The minimum Gasteiger partial charge on any atom is -0.323 e. The lowest BCUT2D eigenvalue weighted by atomic mass is 9.88. The van der Waals surface area contributed by atoms with Gasteiger partial charge in [0.1, 0.15) is 5.54 Å². The van der Waals surface area contributed by atoms with E-state index in [4.69, 9.17) is 0 Å². The first-order chi connectivity index (χ1) is 10.4. The largest absolute Gasteiger partial charge is 0.325 e. The molecule has 0 bridgehead atoms. The van der Waals surface area contributed by atoms with Gasteiger partial charge in [-0.1, -0.05) is 38.1 Å². The SMILES string of the molecule is CC(C)[C@@]1(C)NC(=O)N(Cc2cccc3cccnc23)C1=O. The number of fused-ring (bicyclic) bond motifs is 1. The number of pyridine rings is 1. The topological polar surface area (TPSA) is 62.3 Å². The number of nitrogens with zero attached hydrogens (tertiary/aromatic N) is 2. The normalized spacial score (nSPS) is 21.7. The molecule has 1 aliphatic rings. The van der Waals surface area contributed by atoms with Gasteiger partial charge in [-0.25, -0.2) is 4.79 Å². The molecule has 1 aliphatic heterocycles. The highest BCUT2D eigenvalue weighted by Crippen LogP contribution is 2.27. The molecule has 1 fully saturated rings. The van der Waals surface area contributed by atoms with Gasteiger partial charge < -0.3 is 5.32 Å². The van der Waals surface area contributed by atoms with E-state index in [0.29, 0.717) is 0 Å². The second-order valence-corrected chi connectivity index (χ2v) is 6.17. The molecule has 0 unspecified atom stereocenters. The van der Waals surface area contributed by atoms with Gasteiger partial charge in [0.2, 0.25) is 0 Å². The molecule has 3 amide bonds. The summed E-state index contributed by atoms with van der Waals surface area (Å²) in [6.45, 7) is 5.88. The molecule has 5 heteroatoms. The number of nitrogens with one attached hydrogen (secondary N) is 1. The lowest BCUT2D eigenvalue weighted by molar-refractivity contribution is -0.132. The maximum absolute atomic E-state index is 12.6. The molecule has 114 valence electrons. The third-order valence-corrected chi connectivity index (χ3v) is 4.50. The summed E-state index contributed by atoms with van der Waals surface area (Å²) in [6.07, 6.45) is 1.72. The number of carbonyl (C=O) groups excluding carboxylic acids is 2. The number of hydrogen-bond acceptors (Lipinski definition) is 3. The lowest BCUT2D eigenvalue weighted by Crippen LogP contribution is -2.48. The number of carbonyl (C=O) groups is 2. The van der Waals surface area contributed by atoms with Crippen molar-refractivity contribution in [3.8, 4) is 0 Å². The van der Waals surface area contributed by atoms with E-state index in [0.717, 1.165) is 16.5 Å². The Labute approximate surface area is 129 Å². The molecule has 1 atom stereocenters. The van der Waals surface area contributed by atoms with Crippen molar-refractivity contribution in [2.24, 2.45) is 5.92 Å². The predicted octanol–water partition coefficient (Wildman–Crippen LogP) is 2.70. The fourth-order valence-electron chi connectivity index (χ4n) is 2.72. The van der Waals surface area contributed by atoms with Crippen LogP contribution in [0.4, 0.5) is 4.79 Å². The number of urea groups is 1. The minimum atomic E-state index is -0.838. The maximum atomic E-state index is 12.6. The Morgan fingerprint density at radius 2 is 1.95 bits per heavy atom. The first-order valence-corrected chi connectivity index (χ1v) is 7.40. The van der Waals surface area contributed by atoms with Gasteiger partial charge in [-0.3, -0.25) is 14.7 Å². The Balaban J connectivity index is 1.96. The van der Waals surface area contributed by atoms with Crippen LogP contribution in [-0.4, -0.2) is 27.4 Å². The molecule has 0 aliphatic carbocycles. The fraction of sp³-hybridized carbons (Fsp3) is 0.353. The van der Waals surface area contributed by atoms with E-state index >= 15 is 0 Å². The highest BCUT2D eigenvalue weighted by atomic mass is 16.2. The van der Waals surface area contributed by atoms with Crippen molar-refractivity contribution in [2.45, 2.75) is 32.9 Å². The summed E-state index contributed by atoms with van der Waals surface area (Å²) in [5, 5.41) is 3.81. The quantitative estimate of drug-likeness (QED) is 0.886. The van der Waals surface area contributed by atoms with Gasteiger partial charge in [-0.2, -0.15) is 0 Å². The van der Waals surface area contributed by atoms with Gasteiger partial charge in [0, 0.05) is 11.6 Å². The standard InChI is InChI=1S/C17H19N3O2/c1-11(2)17(3)15(21)20(16(22)19-17)10-13-7-4-6-12-8-5-9-18-14(12)13/h4-9,11H,10H2,1-3H3,(H,19,22)/t17-/m1/s1. The van der Waals surface area contributed by atoms with E-state index in [-0.39, 0.29) is 24.4 Å². The van der Waals surface area contributed by atoms with Crippen LogP contribution < -0.4 is 5.32 Å². The molecule has 2 heterocycles.